The van der Waals surface area contributed by atoms with Crippen LogP contribution in [0.1, 0.15) is 51.3 Å². The average molecular weight is 433 g/mol. The zero-order chi connectivity index (χ0) is 19.7. The third kappa shape index (κ3) is 2.29. The minimum absolute atomic E-state index is 0.0726. The molecule has 0 bridgehead atoms. The molecule has 2 N–H and O–H groups in total. The molecule has 2 aliphatic heterocycles. The summed E-state index contributed by atoms with van der Waals surface area (Å²) in [5, 5.41) is 5.60. The number of halogens is 1. The van der Waals surface area contributed by atoms with Crippen molar-refractivity contribution in [1.29, 1.82) is 0 Å². The van der Waals surface area contributed by atoms with Gasteiger partial charge in [-0.15, -0.1) is 0 Å². The fraction of sp³-hybridized carbons (Fsp3) is 0.421. The first-order valence-electron chi connectivity index (χ1n) is 8.97. The lowest BCUT2D eigenvalue weighted by Crippen LogP contribution is -2.50. The van der Waals surface area contributed by atoms with Crippen molar-refractivity contribution in [2.45, 2.75) is 51.6 Å². The van der Waals surface area contributed by atoms with E-state index >= 15 is 0 Å². The van der Waals surface area contributed by atoms with Crippen LogP contribution in [0.3, 0.4) is 0 Å². The number of amides is 2. The van der Waals surface area contributed by atoms with Crippen molar-refractivity contribution < 1.29 is 9.59 Å². The van der Waals surface area contributed by atoms with E-state index in [0.717, 1.165) is 10.2 Å². The summed E-state index contributed by atoms with van der Waals surface area (Å²) in [7, 11) is 0. The Morgan fingerprint density at radius 2 is 1.81 bits per heavy atom. The Hall–Kier alpha value is -2.35. The molecule has 27 heavy (non-hydrogen) atoms. The molecule has 0 radical (unpaired) electrons. The second-order valence-electron chi connectivity index (χ2n) is 7.69. The van der Waals surface area contributed by atoms with Gasteiger partial charge in [-0.1, -0.05) is 15.9 Å². The quantitative estimate of drug-likeness (QED) is 0.764. The van der Waals surface area contributed by atoms with E-state index in [9.17, 15) is 14.4 Å². The molecule has 0 fully saturated rings. The van der Waals surface area contributed by atoms with Gasteiger partial charge in [0.05, 0.1) is 12.0 Å². The van der Waals surface area contributed by atoms with Crippen molar-refractivity contribution in [2.75, 3.05) is 10.2 Å². The number of carbonyl (C=O) groups excluding carboxylic acids is 2. The molecule has 142 valence electrons. The van der Waals surface area contributed by atoms with Crippen LogP contribution in [0.25, 0.3) is 0 Å². The summed E-state index contributed by atoms with van der Waals surface area (Å²) < 4.78 is 2.42. The summed E-state index contributed by atoms with van der Waals surface area (Å²) in [5.74, 6) is -0.120. The predicted molar refractivity (Wildman–Crippen MR) is 106 cm³/mol. The van der Waals surface area contributed by atoms with Gasteiger partial charge in [-0.05, 0) is 51.5 Å². The van der Waals surface area contributed by atoms with Crippen LogP contribution in [0.15, 0.2) is 27.5 Å². The number of carbonyl (C=O) groups is 2. The number of anilines is 2. The normalized spacial score (nSPS) is 21.2. The largest absolute Gasteiger partial charge is 0.311 e. The first kappa shape index (κ1) is 18.0. The van der Waals surface area contributed by atoms with Gasteiger partial charge in [0.15, 0.2) is 0 Å². The Balaban J connectivity index is 2.11. The fourth-order valence-electron chi connectivity index (χ4n) is 4.28. The molecule has 8 heteroatoms. The smallest absolute Gasteiger partial charge is 0.270 e. The Bertz CT molecular complexity index is 1040. The molecule has 7 nitrogen and oxygen atoms in total. The number of rotatable bonds is 2. The average Bonchev–Trinajstić information content (AvgIpc) is 3.02. The van der Waals surface area contributed by atoms with Crippen molar-refractivity contribution in [2.24, 2.45) is 0 Å². The molecular formula is C19H21BrN4O3. The first-order chi connectivity index (χ1) is 12.7. The number of hydrogen-bond donors (Lipinski definition) is 2. The summed E-state index contributed by atoms with van der Waals surface area (Å²) in [6.45, 7) is 7.67. The zero-order valence-electron chi connectivity index (χ0n) is 15.6. The van der Waals surface area contributed by atoms with E-state index < -0.39 is 5.41 Å². The highest BCUT2D eigenvalue weighted by atomic mass is 79.9. The molecular weight excluding hydrogens is 412 g/mol. The lowest BCUT2D eigenvalue weighted by atomic mass is 9.71. The number of nitrogens with one attached hydrogen (secondary N) is 2. The summed E-state index contributed by atoms with van der Waals surface area (Å²) >= 11 is 3.47. The van der Waals surface area contributed by atoms with Gasteiger partial charge in [0.2, 0.25) is 11.8 Å². The van der Waals surface area contributed by atoms with Crippen molar-refractivity contribution in [1.82, 2.24) is 9.78 Å². The van der Waals surface area contributed by atoms with Gasteiger partial charge in [0.25, 0.3) is 5.56 Å². The van der Waals surface area contributed by atoms with Crippen LogP contribution in [0.2, 0.25) is 0 Å². The lowest BCUT2D eigenvalue weighted by Gasteiger charge is -2.33. The summed E-state index contributed by atoms with van der Waals surface area (Å²) in [6.07, 6.45) is -0.0866. The molecule has 3 heterocycles. The number of nitrogens with zero attached hydrogens (tertiary/aromatic N) is 2. The molecule has 2 aromatic rings. The maximum atomic E-state index is 13.7. The van der Waals surface area contributed by atoms with Gasteiger partial charge >= 0.3 is 0 Å². The molecule has 0 aliphatic carbocycles. The third-order valence-electron chi connectivity index (χ3n) is 5.33. The fourth-order valence-corrected chi connectivity index (χ4v) is 4.64. The van der Waals surface area contributed by atoms with Gasteiger partial charge in [-0.25, -0.2) is 0 Å². The summed E-state index contributed by atoms with van der Waals surface area (Å²) in [5.41, 5.74) is 0.107. The first-order valence-corrected chi connectivity index (χ1v) is 9.76. The van der Waals surface area contributed by atoms with Crippen molar-refractivity contribution >= 4 is 39.2 Å². The van der Waals surface area contributed by atoms with Crippen LogP contribution in [-0.4, -0.2) is 27.6 Å². The molecule has 4 rings (SSSR count). The maximum absolute atomic E-state index is 13.7. The van der Waals surface area contributed by atoms with Gasteiger partial charge in [-0.3, -0.25) is 24.2 Å². The van der Waals surface area contributed by atoms with E-state index in [-0.39, 0.29) is 35.9 Å². The van der Waals surface area contributed by atoms with Crippen LogP contribution in [0.5, 0.6) is 0 Å². The van der Waals surface area contributed by atoms with E-state index in [1.54, 1.807) is 9.58 Å². The lowest BCUT2D eigenvalue weighted by molar-refractivity contribution is -0.127. The Labute approximate surface area is 164 Å². The van der Waals surface area contributed by atoms with Crippen LogP contribution < -0.4 is 15.8 Å². The van der Waals surface area contributed by atoms with Crippen molar-refractivity contribution in [3.05, 3.63) is 44.2 Å². The molecule has 1 spiro atoms. The second kappa shape index (κ2) is 5.82. The van der Waals surface area contributed by atoms with E-state index in [1.165, 1.54) is 0 Å². The van der Waals surface area contributed by atoms with Gasteiger partial charge in [0, 0.05) is 22.2 Å². The number of aromatic amines is 1. The molecule has 2 amide bonds. The number of benzene rings is 1. The SMILES string of the molecule is CC(C)N1C(=O)[C@]2(CC(=O)Nc3c2c(=O)[nH]n3C(C)C)c2cc(Br)ccc21. The molecule has 1 atom stereocenters. The predicted octanol–water partition coefficient (Wildman–Crippen LogP) is 2.90. The second-order valence-corrected chi connectivity index (χ2v) is 8.60. The maximum Gasteiger partial charge on any atom is 0.270 e. The van der Waals surface area contributed by atoms with E-state index in [1.807, 2.05) is 45.9 Å². The van der Waals surface area contributed by atoms with E-state index in [2.05, 4.69) is 26.3 Å². The van der Waals surface area contributed by atoms with Crippen LogP contribution in [0.4, 0.5) is 11.5 Å². The number of hydrogen-bond acceptors (Lipinski definition) is 3. The van der Waals surface area contributed by atoms with Crippen LogP contribution in [0, 0.1) is 0 Å². The molecule has 1 aromatic heterocycles. The number of H-pyrrole nitrogens is 1. The summed E-state index contributed by atoms with van der Waals surface area (Å²) in [4.78, 5) is 41.0. The molecule has 2 aliphatic rings. The topological polar surface area (TPSA) is 87.2 Å². The van der Waals surface area contributed by atoms with Gasteiger partial charge in [-0.2, -0.15) is 0 Å². The number of fused-ring (bicyclic) bond motifs is 4. The van der Waals surface area contributed by atoms with Gasteiger partial charge < -0.3 is 10.2 Å². The minimum atomic E-state index is -1.31. The Morgan fingerprint density at radius 3 is 2.44 bits per heavy atom. The van der Waals surface area contributed by atoms with Gasteiger partial charge in [0.1, 0.15) is 11.2 Å². The molecule has 0 saturated heterocycles. The minimum Gasteiger partial charge on any atom is -0.311 e. The van der Waals surface area contributed by atoms with Crippen LogP contribution in [-0.2, 0) is 15.0 Å². The Morgan fingerprint density at radius 1 is 1.11 bits per heavy atom. The third-order valence-corrected chi connectivity index (χ3v) is 5.82. The standard InChI is InChI=1S/C19H21BrN4O3/c1-9(2)23-13-6-5-11(20)7-12(13)19(18(23)27)8-14(25)21-16-15(19)17(26)22-24(16)10(3)4/h5-7,9-10H,8H2,1-4H3,(H,21,25)(H,22,26)/t19-/m1/s1. The highest BCUT2D eigenvalue weighted by molar-refractivity contribution is 9.10. The monoisotopic (exact) mass is 432 g/mol. The highest BCUT2D eigenvalue weighted by Crippen LogP contribution is 2.52. The molecule has 0 saturated carbocycles. The zero-order valence-corrected chi connectivity index (χ0v) is 17.2. The van der Waals surface area contributed by atoms with Crippen molar-refractivity contribution in [3.63, 3.8) is 0 Å². The van der Waals surface area contributed by atoms with Crippen molar-refractivity contribution in [3.8, 4) is 0 Å². The Kier molecular flexibility index (Phi) is 3.89. The summed E-state index contributed by atoms with van der Waals surface area (Å²) in [6, 6.07) is 5.41. The van der Waals surface area contributed by atoms with E-state index in [4.69, 9.17) is 0 Å². The number of aromatic nitrogens is 2. The molecule has 1 aromatic carbocycles. The highest BCUT2D eigenvalue weighted by Gasteiger charge is 2.58. The van der Waals surface area contributed by atoms with Crippen LogP contribution >= 0.6 is 15.9 Å². The molecule has 0 unspecified atom stereocenters. The van der Waals surface area contributed by atoms with E-state index in [0.29, 0.717) is 16.9 Å².